The van der Waals surface area contributed by atoms with Crippen LogP contribution in [-0.4, -0.2) is 46.4 Å². The molecule has 1 aliphatic carbocycles. The van der Waals surface area contributed by atoms with Crippen LogP contribution >= 0.6 is 0 Å². The minimum atomic E-state index is -3.87. The molecule has 1 saturated carbocycles. The molecule has 10 nitrogen and oxygen atoms in total. The number of hydrogen-bond donors (Lipinski definition) is 1. The highest BCUT2D eigenvalue weighted by atomic mass is 32.2. The highest BCUT2D eigenvalue weighted by Crippen LogP contribution is 2.40. The predicted octanol–water partition coefficient (Wildman–Crippen LogP) is 3.63. The molecule has 3 atom stereocenters. The van der Waals surface area contributed by atoms with E-state index in [9.17, 15) is 16.8 Å². The summed E-state index contributed by atoms with van der Waals surface area (Å²) in [4.78, 5) is 4.58. The summed E-state index contributed by atoms with van der Waals surface area (Å²) in [5.41, 5.74) is 3.05. The third-order valence-electron chi connectivity index (χ3n) is 7.40. The number of nitrogens with one attached hydrogen (secondary N) is 1. The molecule has 1 N–H and O–H groups in total. The number of rotatable bonds is 7. The van der Waals surface area contributed by atoms with E-state index in [-0.39, 0.29) is 34.2 Å². The third-order valence-corrected chi connectivity index (χ3v) is 10.5. The van der Waals surface area contributed by atoms with Crippen molar-refractivity contribution in [1.82, 2.24) is 28.3 Å². The Hall–Kier alpha value is -3.61. The van der Waals surface area contributed by atoms with E-state index in [0.717, 1.165) is 11.1 Å². The molecule has 3 heterocycles. The molecule has 1 fully saturated rings. The van der Waals surface area contributed by atoms with E-state index in [0.29, 0.717) is 29.8 Å². The van der Waals surface area contributed by atoms with Crippen LogP contribution in [0.15, 0.2) is 78.0 Å². The number of hydrogen-bond acceptors (Lipinski definition) is 7. The van der Waals surface area contributed by atoms with Crippen molar-refractivity contribution >= 4 is 36.9 Å². The summed E-state index contributed by atoms with van der Waals surface area (Å²) in [5.74, 6) is 0.641. The van der Waals surface area contributed by atoms with E-state index in [4.69, 9.17) is 0 Å². The fraction of sp³-hybridized carbons (Fsp3) is 0.296. The van der Waals surface area contributed by atoms with Crippen molar-refractivity contribution in [2.75, 3.05) is 0 Å². The fourth-order valence-corrected chi connectivity index (χ4v) is 8.22. The van der Waals surface area contributed by atoms with Crippen LogP contribution in [0.5, 0.6) is 0 Å². The van der Waals surface area contributed by atoms with Gasteiger partial charge in [-0.05, 0) is 49.4 Å². The van der Waals surface area contributed by atoms with Gasteiger partial charge >= 0.3 is 0 Å². The Balaban J connectivity index is 1.32. The highest BCUT2D eigenvalue weighted by Gasteiger charge is 2.37. The smallest absolute Gasteiger partial charge is 0.269 e. The minimum absolute atomic E-state index is 0.0768. The van der Waals surface area contributed by atoms with Crippen molar-refractivity contribution in [2.45, 2.75) is 49.3 Å². The Bertz CT molecular complexity index is 1880. The Labute approximate surface area is 226 Å². The molecule has 0 radical (unpaired) electrons. The van der Waals surface area contributed by atoms with E-state index in [1.807, 2.05) is 29.5 Å². The molecule has 0 bridgehead atoms. The molecule has 0 amide bonds. The zero-order chi connectivity index (χ0) is 27.4. The van der Waals surface area contributed by atoms with Crippen molar-refractivity contribution < 1.29 is 16.8 Å². The van der Waals surface area contributed by atoms with Crippen molar-refractivity contribution in [3.63, 3.8) is 0 Å². The second-order valence-electron chi connectivity index (χ2n) is 10.3. The van der Waals surface area contributed by atoms with Crippen LogP contribution in [0.25, 0.3) is 16.8 Å². The molecule has 6 rings (SSSR count). The maximum absolute atomic E-state index is 13.4. The van der Waals surface area contributed by atoms with E-state index in [1.165, 1.54) is 16.4 Å². The monoisotopic (exact) mass is 564 g/mol. The van der Waals surface area contributed by atoms with Crippen molar-refractivity contribution in [3.05, 3.63) is 90.0 Å². The first-order valence-electron chi connectivity index (χ1n) is 12.7. The van der Waals surface area contributed by atoms with Gasteiger partial charge in [0.25, 0.3) is 10.0 Å². The van der Waals surface area contributed by atoms with Crippen LogP contribution in [0.4, 0.5) is 0 Å². The van der Waals surface area contributed by atoms with E-state index in [1.54, 1.807) is 42.5 Å². The highest BCUT2D eigenvalue weighted by molar-refractivity contribution is 7.90. The van der Waals surface area contributed by atoms with Gasteiger partial charge in [0.2, 0.25) is 10.0 Å². The molecule has 0 unspecified atom stereocenters. The van der Waals surface area contributed by atoms with Gasteiger partial charge in [-0.25, -0.2) is 30.5 Å². The fourth-order valence-electron chi connectivity index (χ4n) is 5.50. The first-order chi connectivity index (χ1) is 18.6. The van der Waals surface area contributed by atoms with Crippen LogP contribution in [0, 0.1) is 12.8 Å². The summed E-state index contributed by atoms with van der Waals surface area (Å²) in [7, 11) is -7.39. The lowest BCUT2D eigenvalue weighted by Gasteiger charge is -2.14. The second-order valence-corrected chi connectivity index (χ2v) is 13.8. The first kappa shape index (κ1) is 25.7. The molecule has 5 aromatic rings. The number of sulfonamides is 1. The van der Waals surface area contributed by atoms with E-state index in [2.05, 4.69) is 26.8 Å². The molecule has 39 heavy (non-hydrogen) atoms. The third kappa shape index (κ3) is 4.72. The number of aryl methyl sites for hydroxylation is 1. The van der Waals surface area contributed by atoms with Crippen molar-refractivity contribution in [2.24, 2.45) is 5.92 Å². The van der Waals surface area contributed by atoms with Gasteiger partial charge in [-0.15, -0.1) is 10.2 Å². The maximum Gasteiger partial charge on any atom is 0.269 e. The first-order valence-corrected chi connectivity index (χ1v) is 15.8. The lowest BCUT2D eigenvalue weighted by Crippen LogP contribution is -2.34. The van der Waals surface area contributed by atoms with Crippen molar-refractivity contribution in [3.8, 4) is 0 Å². The number of aromatic nitrogens is 5. The lowest BCUT2D eigenvalue weighted by molar-refractivity contribution is 0.505. The Morgan fingerprint density at radius 1 is 0.949 bits per heavy atom. The molecule has 0 spiro atoms. The largest absolute Gasteiger partial charge is 0.274 e. The molecule has 0 saturated heterocycles. The molecule has 202 valence electrons. The minimum Gasteiger partial charge on any atom is -0.274 e. The van der Waals surface area contributed by atoms with Crippen LogP contribution in [0.1, 0.15) is 42.6 Å². The average molecular weight is 565 g/mol. The van der Waals surface area contributed by atoms with Crippen LogP contribution in [0.3, 0.4) is 0 Å². The summed E-state index contributed by atoms with van der Waals surface area (Å²) in [6.45, 7) is 3.97. The SMILES string of the molecule is Cc1ccc(S(=O)(=O)n2ccc3c2ncc2nnc([C@H]4C[C@@H](NS(=O)(=O)Cc5ccccc5)C[C@H]4C)n23)cc1. The van der Waals surface area contributed by atoms with Gasteiger partial charge in [-0.3, -0.25) is 4.40 Å². The number of fused-ring (bicyclic) bond motifs is 3. The Morgan fingerprint density at radius 3 is 2.44 bits per heavy atom. The summed E-state index contributed by atoms with van der Waals surface area (Å²) in [5, 5.41) is 8.75. The summed E-state index contributed by atoms with van der Waals surface area (Å²) < 4.78 is 58.4. The standard InChI is InChI=1S/C27H28N6O4S2/c1-18-8-10-22(11-9-18)39(36,37)32-13-12-24-27(32)28-16-25-29-30-26(33(24)25)23-15-21(14-19(23)2)31-38(34,35)17-20-6-4-3-5-7-20/h3-13,16,19,21,23,31H,14-15,17H2,1-2H3/t19-,21+,23+/m1/s1. The molecule has 12 heteroatoms. The molecule has 0 aliphatic heterocycles. The van der Waals surface area contributed by atoms with E-state index >= 15 is 0 Å². The molecule has 1 aliphatic rings. The van der Waals surface area contributed by atoms with Gasteiger partial charge in [0, 0.05) is 18.2 Å². The van der Waals surface area contributed by atoms with E-state index < -0.39 is 20.0 Å². The predicted molar refractivity (Wildman–Crippen MR) is 147 cm³/mol. The van der Waals surface area contributed by atoms with Gasteiger partial charge < -0.3 is 0 Å². The summed E-state index contributed by atoms with van der Waals surface area (Å²) >= 11 is 0. The second kappa shape index (κ2) is 9.54. The Kier molecular flexibility index (Phi) is 6.28. The zero-order valence-corrected chi connectivity index (χ0v) is 23.1. The Morgan fingerprint density at radius 2 is 1.69 bits per heavy atom. The van der Waals surface area contributed by atoms with Gasteiger partial charge in [-0.2, -0.15) is 0 Å². The quantitative estimate of drug-likeness (QED) is 0.320. The van der Waals surface area contributed by atoms with Gasteiger partial charge in [0.05, 0.1) is 22.4 Å². The summed E-state index contributed by atoms with van der Waals surface area (Å²) in [6.07, 6.45) is 4.22. The molecule has 3 aromatic heterocycles. The van der Waals surface area contributed by atoms with Crippen LogP contribution in [0.2, 0.25) is 0 Å². The zero-order valence-electron chi connectivity index (χ0n) is 21.5. The van der Waals surface area contributed by atoms with Gasteiger partial charge in [0.1, 0.15) is 5.82 Å². The van der Waals surface area contributed by atoms with Crippen LogP contribution in [-0.2, 0) is 25.8 Å². The number of nitrogens with zero attached hydrogens (tertiary/aromatic N) is 5. The van der Waals surface area contributed by atoms with Gasteiger partial charge in [0.15, 0.2) is 11.3 Å². The normalized spacial score (nSPS) is 20.2. The molecular formula is C27H28N6O4S2. The molecule has 2 aromatic carbocycles. The molecular weight excluding hydrogens is 536 g/mol. The van der Waals surface area contributed by atoms with Crippen LogP contribution < -0.4 is 4.72 Å². The summed E-state index contributed by atoms with van der Waals surface area (Å²) in [6, 6.07) is 17.2. The van der Waals surface area contributed by atoms with Crippen molar-refractivity contribution in [1.29, 1.82) is 0 Å². The van der Waals surface area contributed by atoms with Gasteiger partial charge in [-0.1, -0.05) is 55.0 Å². The maximum atomic E-state index is 13.4. The average Bonchev–Trinajstić information content (AvgIpc) is 3.60. The topological polar surface area (TPSA) is 128 Å². The number of benzene rings is 2. The lowest BCUT2D eigenvalue weighted by atomic mass is 9.97.